The van der Waals surface area contributed by atoms with E-state index in [1.165, 1.54) is 45.6 Å². The van der Waals surface area contributed by atoms with E-state index in [0.29, 0.717) is 12.1 Å². The van der Waals surface area contributed by atoms with E-state index >= 15 is 0 Å². The molecule has 1 aliphatic heterocycles. The van der Waals surface area contributed by atoms with Gasteiger partial charge in [-0.3, -0.25) is 4.90 Å². The van der Waals surface area contributed by atoms with Gasteiger partial charge in [-0.1, -0.05) is 20.8 Å². The molecular formula is C14H31N3. The minimum atomic E-state index is 0.651. The van der Waals surface area contributed by atoms with Gasteiger partial charge in [-0.25, -0.2) is 0 Å². The van der Waals surface area contributed by atoms with Gasteiger partial charge in [0.2, 0.25) is 0 Å². The highest BCUT2D eigenvalue weighted by Crippen LogP contribution is 2.11. The van der Waals surface area contributed by atoms with Crippen LogP contribution in [-0.2, 0) is 0 Å². The fourth-order valence-corrected chi connectivity index (χ4v) is 2.88. The standard InChI is InChI=1S/C14H31N3/c1-5-8-16-9-11-17(12-10-16)13(4)14(6-2)15-7-3/h13-15H,5-12H2,1-4H3. The minimum absolute atomic E-state index is 0.651. The topological polar surface area (TPSA) is 18.5 Å². The Balaban J connectivity index is 2.36. The third kappa shape index (κ3) is 4.57. The molecule has 102 valence electrons. The van der Waals surface area contributed by atoms with Crippen LogP contribution >= 0.6 is 0 Å². The molecule has 0 aromatic carbocycles. The zero-order valence-corrected chi connectivity index (χ0v) is 12.2. The summed E-state index contributed by atoms with van der Waals surface area (Å²) in [6.07, 6.45) is 2.51. The molecule has 1 fully saturated rings. The minimum Gasteiger partial charge on any atom is -0.313 e. The van der Waals surface area contributed by atoms with E-state index in [-0.39, 0.29) is 0 Å². The molecular weight excluding hydrogens is 210 g/mol. The van der Waals surface area contributed by atoms with Crippen molar-refractivity contribution in [3.8, 4) is 0 Å². The van der Waals surface area contributed by atoms with E-state index < -0.39 is 0 Å². The van der Waals surface area contributed by atoms with Crippen LogP contribution in [0.4, 0.5) is 0 Å². The van der Waals surface area contributed by atoms with E-state index in [9.17, 15) is 0 Å². The second-order valence-electron chi connectivity index (χ2n) is 5.19. The fourth-order valence-electron chi connectivity index (χ4n) is 2.88. The third-order valence-corrected chi connectivity index (χ3v) is 4.01. The first-order valence-electron chi connectivity index (χ1n) is 7.42. The lowest BCUT2D eigenvalue weighted by Gasteiger charge is -2.40. The van der Waals surface area contributed by atoms with Gasteiger partial charge in [-0.15, -0.1) is 0 Å². The first kappa shape index (κ1) is 14.9. The molecule has 1 aliphatic rings. The van der Waals surface area contributed by atoms with Crippen LogP contribution in [0.3, 0.4) is 0 Å². The lowest BCUT2D eigenvalue weighted by Crippen LogP contribution is -2.55. The Morgan fingerprint density at radius 1 is 1.06 bits per heavy atom. The van der Waals surface area contributed by atoms with E-state index in [1.807, 2.05) is 0 Å². The summed E-state index contributed by atoms with van der Waals surface area (Å²) in [5.74, 6) is 0. The number of hydrogen-bond acceptors (Lipinski definition) is 3. The first-order chi connectivity index (χ1) is 8.22. The molecule has 0 amide bonds. The second kappa shape index (κ2) is 8.06. The summed E-state index contributed by atoms with van der Waals surface area (Å²) in [6, 6.07) is 1.32. The van der Waals surface area contributed by atoms with Crippen molar-refractivity contribution in [2.24, 2.45) is 0 Å². The molecule has 0 aromatic heterocycles. The lowest BCUT2D eigenvalue weighted by molar-refractivity contribution is 0.0852. The fraction of sp³-hybridized carbons (Fsp3) is 1.00. The molecule has 3 nitrogen and oxygen atoms in total. The van der Waals surface area contributed by atoms with Gasteiger partial charge >= 0.3 is 0 Å². The summed E-state index contributed by atoms with van der Waals surface area (Å²) in [6.45, 7) is 16.5. The molecule has 0 aliphatic carbocycles. The van der Waals surface area contributed by atoms with E-state index in [4.69, 9.17) is 0 Å². The van der Waals surface area contributed by atoms with Crippen molar-refractivity contribution in [3.05, 3.63) is 0 Å². The number of likely N-dealkylation sites (N-methyl/N-ethyl adjacent to an activating group) is 1. The van der Waals surface area contributed by atoms with Gasteiger partial charge in [0.15, 0.2) is 0 Å². The maximum atomic E-state index is 3.61. The number of nitrogens with one attached hydrogen (secondary N) is 1. The summed E-state index contributed by atoms with van der Waals surface area (Å²) in [5, 5.41) is 3.61. The summed E-state index contributed by atoms with van der Waals surface area (Å²) in [7, 11) is 0. The van der Waals surface area contributed by atoms with Crippen LogP contribution < -0.4 is 5.32 Å². The van der Waals surface area contributed by atoms with Crippen molar-refractivity contribution in [1.82, 2.24) is 15.1 Å². The second-order valence-corrected chi connectivity index (χ2v) is 5.19. The maximum absolute atomic E-state index is 3.61. The average Bonchev–Trinajstić information content (AvgIpc) is 2.36. The molecule has 3 heteroatoms. The summed E-state index contributed by atoms with van der Waals surface area (Å²) < 4.78 is 0. The highest BCUT2D eigenvalue weighted by Gasteiger charge is 2.24. The Bertz CT molecular complexity index is 188. The van der Waals surface area contributed by atoms with Gasteiger partial charge < -0.3 is 10.2 Å². The Kier molecular flexibility index (Phi) is 7.09. The Morgan fingerprint density at radius 2 is 1.71 bits per heavy atom. The molecule has 1 heterocycles. The molecule has 0 radical (unpaired) electrons. The van der Waals surface area contributed by atoms with Gasteiger partial charge in [-0.05, 0) is 32.9 Å². The number of piperazine rings is 1. The van der Waals surface area contributed by atoms with E-state index in [2.05, 4.69) is 42.8 Å². The van der Waals surface area contributed by atoms with E-state index in [1.54, 1.807) is 0 Å². The van der Waals surface area contributed by atoms with Crippen LogP contribution in [0.15, 0.2) is 0 Å². The largest absolute Gasteiger partial charge is 0.313 e. The lowest BCUT2D eigenvalue weighted by atomic mass is 10.0. The van der Waals surface area contributed by atoms with Gasteiger partial charge in [0.1, 0.15) is 0 Å². The smallest absolute Gasteiger partial charge is 0.0222 e. The van der Waals surface area contributed by atoms with Crippen LogP contribution in [0.1, 0.15) is 40.5 Å². The molecule has 1 rings (SSSR count). The highest BCUT2D eigenvalue weighted by atomic mass is 15.3. The number of hydrogen-bond donors (Lipinski definition) is 1. The monoisotopic (exact) mass is 241 g/mol. The van der Waals surface area contributed by atoms with E-state index in [0.717, 1.165) is 6.54 Å². The van der Waals surface area contributed by atoms with Crippen molar-refractivity contribution < 1.29 is 0 Å². The van der Waals surface area contributed by atoms with Crippen LogP contribution in [0.5, 0.6) is 0 Å². The van der Waals surface area contributed by atoms with Crippen molar-refractivity contribution >= 4 is 0 Å². The molecule has 17 heavy (non-hydrogen) atoms. The molecule has 2 atom stereocenters. The van der Waals surface area contributed by atoms with Gasteiger partial charge in [0, 0.05) is 38.3 Å². The predicted molar refractivity (Wildman–Crippen MR) is 75.5 cm³/mol. The Hall–Kier alpha value is -0.120. The molecule has 0 spiro atoms. The molecule has 0 saturated carbocycles. The van der Waals surface area contributed by atoms with Gasteiger partial charge in [0.25, 0.3) is 0 Å². The van der Waals surface area contributed by atoms with Crippen molar-refractivity contribution in [2.75, 3.05) is 39.3 Å². The van der Waals surface area contributed by atoms with Crippen molar-refractivity contribution in [3.63, 3.8) is 0 Å². The third-order valence-electron chi connectivity index (χ3n) is 4.01. The maximum Gasteiger partial charge on any atom is 0.0222 e. The molecule has 1 saturated heterocycles. The Morgan fingerprint density at radius 3 is 2.18 bits per heavy atom. The summed E-state index contributed by atoms with van der Waals surface area (Å²) in [4.78, 5) is 5.25. The molecule has 2 unspecified atom stereocenters. The zero-order valence-electron chi connectivity index (χ0n) is 12.2. The van der Waals surface area contributed by atoms with Crippen molar-refractivity contribution in [1.29, 1.82) is 0 Å². The van der Waals surface area contributed by atoms with Crippen molar-refractivity contribution in [2.45, 2.75) is 52.6 Å². The normalized spacial score (nSPS) is 22.6. The average molecular weight is 241 g/mol. The summed E-state index contributed by atoms with van der Waals surface area (Å²) >= 11 is 0. The van der Waals surface area contributed by atoms with Crippen LogP contribution in [0, 0.1) is 0 Å². The molecule has 0 aromatic rings. The van der Waals surface area contributed by atoms with Crippen LogP contribution in [0.25, 0.3) is 0 Å². The zero-order chi connectivity index (χ0) is 12.7. The Labute approximate surface area is 108 Å². The molecule has 1 N–H and O–H groups in total. The number of nitrogens with zero attached hydrogens (tertiary/aromatic N) is 2. The number of rotatable bonds is 7. The first-order valence-corrected chi connectivity index (χ1v) is 7.42. The predicted octanol–water partition coefficient (Wildman–Crippen LogP) is 1.79. The quantitative estimate of drug-likeness (QED) is 0.733. The summed E-state index contributed by atoms with van der Waals surface area (Å²) in [5.41, 5.74) is 0. The van der Waals surface area contributed by atoms with Crippen LogP contribution in [-0.4, -0.2) is 61.2 Å². The van der Waals surface area contributed by atoms with Gasteiger partial charge in [0.05, 0.1) is 0 Å². The highest BCUT2D eigenvalue weighted by molar-refractivity contribution is 4.83. The molecule has 0 bridgehead atoms. The van der Waals surface area contributed by atoms with Crippen LogP contribution in [0.2, 0.25) is 0 Å². The van der Waals surface area contributed by atoms with Gasteiger partial charge in [-0.2, -0.15) is 0 Å². The SMILES string of the molecule is CCCN1CCN(C(C)C(CC)NCC)CC1.